The summed E-state index contributed by atoms with van der Waals surface area (Å²) in [6.07, 6.45) is 5.92. The van der Waals surface area contributed by atoms with E-state index in [1.54, 1.807) is 60.4 Å². The molecule has 14 heteroatoms. The lowest BCUT2D eigenvalue weighted by Crippen LogP contribution is -2.43. The molecule has 1 atom stereocenters. The first-order valence-corrected chi connectivity index (χ1v) is 12.4. The van der Waals surface area contributed by atoms with E-state index < -0.39 is 23.9 Å². The Morgan fingerprint density at radius 1 is 1.15 bits per heavy atom. The molecule has 1 aromatic heterocycles. The highest BCUT2D eigenvalue weighted by atomic mass is 35.5. The number of rotatable bonds is 11. The summed E-state index contributed by atoms with van der Waals surface area (Å²) in [6.45, 7) is 0. The fourth-order valence-corrected chi connectivity index (χ4v) is 3.79. The number of halogens is 1. The number of hydrogen-bond donors (Lipinski definition) is 5. The lowest BCUT2D eigenvalue weighted by atomic mass is 10.1. The molecule has 0 aliphatic heterocycles. The molecule has 1 heterocycles. The number of anilines is 3. The minimum absolute atomic E-state index is 0.288. The largest absolute Gasteiger partial charge is 0.453 e. The van der Waals surface area contributed by atoms with Crippen LogP contribution in [0.2, 0.25) is 5.02 Å². The standard InChI is InChI=1S/C26H30ClN9O4/c1-35-14-13-21(34-35)9-10-22(25(38)31-19-5-7-20(8-6-19)32-26(39)40-2)33-24(37)12-3-17-15-18(27)4-11-23(17)36(29)16-30-28/h3-8,11-16,22H,9-10,28-29H2,1-2H3,(H,31,38)(H,32,39)(H,33,37)/b12-3+,30-16-/t22-/m0/s1. The summed E-state index contributed by atoms with van der Waals surface area (Å²) in [5, 5.41) is 17.4. The average molecular weight is 568 g/mol. The number of benzene rings is 2. The molecule has 0 fully saturated rings. The Kier molecular flexibility index (Phi) is 10.6. The van der Waals surface area contributed by atoms with Crippen molar-refractivity contribution in [2.24, 2.45) is 23.8 Å². The number of methoxy groups -OCH3 is 1. The number of ether oxygens (including phenoxy) is 1. The summed E-state index contributed by atoms with van der Waals surface area (Å²) >= 11 is 6.12. The number of nitrogens with two attached hydrogens (primary N) is 2. The molecule has 3 amide bonds. The number of nitrogens with one attached hydrogen (secondary N) is 3. The molecule has 0 radical (unpaired) electrons. The Balaban J connectivity index is 1.74. The average Bonchev–Trinajstić information content (AvgIpc) is 3.35. The van der Waals surface area contributed by atoms with E-state index in [4.69, 9.17) is 23.3 Å². The van der Waals surface area contributed by atoms with Crippen molar-refractivity contribution >= 4 is 59.0 Å². The van der Waals surface area contributed by atoms with Gasteiger partial charge in [-0.15, -0.1) is 0 Å². The third kappa shape index (κ3) is 8.85. The summed E-state index contributed by atoms with van der Waals surface area (Å²) in [4.78, 5) is 37.5. The molecule has 0 aliphatic rings. The van der Waals surface area contributed by atoms with Crippen molar-refractivity contribution in [2.45, 2.75) is 18.9 Å². The second-order valence-electron chi connectivity index (χ2n) is 8.47. The topological polar surface area (TPSA) is 182 Å². The Labute approximate surface area is 235 Å². The fraction of sp³-hybridized carbons (Fsp3) is 0.192. The number of hydrazine groups is 1. The van der Waals surface area contributed by atoms with Gasteiger partial charge in [-0.1, -0.05) is 11.6 Å². The third-order valence-electron chi connectivity index (χ3n) is 5.55. The van der Waals surface area contributed by atoms with Gasteiger partial charge in [0.05, 0.1) is 18.5 Å². The van der Waals surface area contributed by atoms with E-state index in [1.165, 1.54) is 30.6 Å². The lowest BCUT2D eigenvalue weighted by Gasteiger charge is -2.18. The summed E-state index contributed by atoms with van der Waals surface area (Å²) in [5.74, 6) is 10.2. The van der Waals surface area contributed by atoms with Gasteiger partial charge in [0.2, 0.25) is 11.8 Å². The van der Waals surface area contributed by atoms with Gasteiger partial charge >= 0.3 is 6.09 Å². The van der Waals surface area contributed by atoms with Crippen LogP contribution >= 0.6 is 11.6 Å². The van der Waals surface area contributed by atoms with E-state index in [0.29, 0.717) is 34.1 Å². The lowest BCUT2D eigenvalue weighted by molar-refractivity contribution is -0.123. The van der Waals surface area contributed by atoms with Crippen molar-refractivity contribution in [2.75, 3.05) is 22.8 Å². The molecule has 210 valence electrons. The van der Waals surface area contributed by atoms with Crippen molar-refractivity contribution < 1.29 is 19.1 Å². The third-order valence-corrected chi connectivity index (χ3v) is 5.78. The van der Waals surface area contributed by atoms with Crippen LogP contribution in [0.4, 0.5) is 21.9 Å². The predicted octanol–water partition coefficient (Wildman–Crippen LogP) is 2.60. The van der Waals surface area contributed by atoms with Crippen LogP contribution < -0.4 is 32.6 Å². The number of hydrogen-bond acceptors (Lipinski definition) is 8. The zero-order valence-corrected chi connectivity index (χ0v) is 22.6. The molecule has 7 N–H and O–H groups in total. The summed E-state index contributed by atoms with van der Waals surface area (Å²) in [5.41, 5.74) is 2.76. The molecule has 0 spiro atoms. The molecule has 0 bridgehead atoms. The van der Waals surface area contributed by atoms with Gasteiger partial charge in [-0.3, -0.25) is 24.6 Å². The van der Waals surface area contributed by atoms with Gasteiger partial charge in [0, 0.05) is 41.3 Å². The van der Waals surface area contributed by atoms with Crippen LogP contribution in [-0.4, -0.2) is 47.2 Å². The minimum Gasteiger partial charge on any atom is -0.453 e. The van der Waals surface area contributed by atoms with Gasteiger partial charge in [-0.05, 0) is 67.4 Å². The van der Waals surface area contributed by atoms with Crippen LogP contribution in [0.25, 0.3) is 6.08 Å². The van der Waals surface area contributed by atoms with Crippen molar-refractivity contribution in [3.8, 4) is 0 Å². The van der Waals surface area contributed by atoms with Gasteiger partial charge in [-0.25, -0.2) is 10.6 Å². The molecule has 3 rings (SSSR count). The second kappa shape index (κ2) is 14.3. The van der Waals surface area contributed by atoms with E-state index in [-0.39, 0.29) is 6.42 Å². The normalized spacial score (nSPS) is 11.8. The monoisotopic (exact) mass is 567 g/mol. The molecular formula is C26H30ClN9O4. The van der Waals surface area contributed by atoms with Crippen LogP contribution in [0, 0.1) is 0 Å². The maximum atomic E-state index is 13.2. The van der Waals surface area contributed by atoms with Crippen LogP contribution in [-0.2, 0) is 27.8 Å². The van der Waals surface area contributed by atoms with Gasteiger partial charge < -0.3 is 21.2 Å². The van der Waals surface area contributed by atoms with Gasteiger partial charge in [0.25, 0.3) is 0 Å². The maximum Gasteiger partial charge on any atom is 0.411 e. The van der Waals surface area contributed by atoms with Crippen LogP contribution in [0.1, 0.15) is 17.7 Å². The summed E-state index contributed by atoms with van der Waals surface area (Å²) in [6, 6.07) is 12.3. The maximum absolute atomic E-state index is 13.2. The van der Waals surface area contributed by atoms with E-state index in [1.807, 2.05) is 6.07 Å². The van der Waals surface area contributed by atoms with Crippen LogP contribution in [0.3, 0.4) is 0 Å². The Hall–Kier alpha value is -4.88. The van der Waals surface area contributed by atoms with Crippen molar-refractivity contribution in [3.05, 3.63) is 77.1 Å². The van der Waals surface area contributed by atoms with E-state index >= 15 is 0 Å². The van der Waals surface area contributed by atoms with Crippen molar-refractivity contribution in [3.63, 3.8) is 0 Å². The molecule has 40 heavy (non-hydrogen) atoms. The number of aromatic nitrogens is 2. The van der Waals surface area contributed by atoms with Crippen LogP contribution in [0.5, 0.6) is 0 Å². The molecule has 0 unspecified atom stereocenters. The van der Waals surface area contributed by atoms with Crippen molar-refractivity contribution in [1.29, 1.82) is 0 Å². The Morgan fingerprint density at radius 2 is 1.85 bits per heavy atom. The van der Waals surface area contributed by atoms with Gasteiger partial charge in [0.1, 0.15) is 12.4 Å². The first-order valence-electron chi connectivity index (χ1n) is 12.0. The number of nitrogens with zero attached hydrogens (tertiary/aromatic N) is 4. The Bertz CT molecular complexity index is 1390. The highest BCUT2D eigenvalue weighted by Crippen LogP contribution is 2.23. The van der Waals surface area contributed by atoms with Crippen LogP contribution in [0.15, 0.2) is 65.9 Å². The van der Waals surface area contributed by atoms with Gasteiger partial charge in [-0.2, -0.15) is 10.2 Å². The highest BCUT2D eigenvalue weighted by Gasteiger charge is 2.21. The number of carbonyl (C=O) groups excluding carboxylic acids is 3. The summed E-state index contributed by atoms with van der Waals surface area (Å²) < 4.78 is 6.23. The highest BCUT2D eigenvalue weighted by molar-refractivity contribution is 6.30. The zero-order valence-electron chi connectivity index (χ0n) is 21.9. The van der Waals surface area contributed by atoms with Crippen molar-refractivity contribution in [1.82, 2.24) is 15.1 Å². The Morgan fingerprint density at radius 3 is 2.48 bits per heavy atom. The smallest absolute Gasteiger partial charge is 0.411 e. The molecule has 0 saturated carbocycles. The first-order chi connectivity index (χ1) is 19.2. The molecular weight excluding hydrogens is 538 g/mol. The predicted molar refractivity (Wildman–Crippen MR) is 154 cm³/mol. The first kappa shape index (κ1) is 29.7. The minimum atomic E-state index is -0.888. The zero-order chi connectivity index (χ0) is 29.1. The van der Waals surface area contributed by atoms with E-state index in [0.717, 1.165) is 5.69 Å². The number of hydrazone groups is 1. The van der Waals surface area contributed by atoms with Gasteiger partial charge in [0.15, 0.2) is 0 Å². The number of aryl methyl sites for hydroxylation is 2. The molecule has 0 saturated heterocycles. The molecule has 3 aromatic rings. The molecule has 0 aliphatic carbocycles. The second-order valence-corrected chi connectivity index (χ2v) is 8.91. The number of carbonyl (C=O) groups is 3. The SMILES string of the molecule is COC(=O)Nc1ccc(NC(=O)[C@H](CCc2ccn(C)n2)NC(=O)/C=C/c2cc(Cl)ccc2N(N)/C=N\N)cc1. The molecule has 13 nitrogen and oxygen atoms in total. The summed E-state index contributed by atoms with van der Waals surface area (Å²) in [7, 11) is 3.06. The molecule has 2 aromatic carbocycles. The fourth-order valence-electron chi connectivity index (χ4n) is 3.61. The van der Waals surface area contributed by atoms with E-state index in [9.17, 15) is 14.4 Å². The quantitative estimate of drug-likeness (QED) is 0.0770. The number of amides is 3. The van der Waals surface area contributed by atoms with E-state index in [2.05, 4.69) is 30.9 Å².